The van der Waals surface area contributed by atoms with Crippen molar-refractivity contribution < 1.29 is 9.50 Å². The summed E-state index contributed by atoms with van der Waals surface area (Å²) in [5.74, 6) is 0.172. The zero-order valence-corrected chi connectivity index (χ0v) is 11.7. The maximum absolute atomic E-state index is 13.7. The number of pyridine rings is 2. The molecule has 2 atom stereocenters. The predicted octanol–water partition coefficient (Wildman–Crippen LogP) is 1.82. The molecule has 0 amide bonds. The zero-order chi connectivity index (χ0) is 14.7. The van der Waals surface area contributed by atoms with Crippen LogP contribution in [-0.4, -0.2) is 39.7 Å². The molecule has 2 aromatic heterocycles. The molecule has 110 valence electrons. The highest BCUT2D eigenvalue weighted by Gasteiger charge is 2.33. The van der Waals surface area contributed by atoms with Crippen molar-refractivity contribution in [3.63, 3.8) is 0 Å². The fourth-order valence-electron chi connectivity index (χ4n) is 3.04. The van der Waals surface area contributed by atoms with Crippen LogP contribution >= 0.6 is 0 Å². The molecule has 0 unspecified atom stereocenters. The molecular formula is C16H18FN3O. The Morgan fingerprint density at radius 2 is 1.90 bits per heavy atom. The summed E-state index contributed by atoms with van der Waals surface area (Å²) in [6, 6.07) is 5.69. The molecular weight excluding hydrogens is 269 g/mol. The Kier molecular flexibility index (Phi) is 4.22. The van der Waals surface area contributed by atoms with E-state index in [2.05, 4.69) is 14.9 Å². The van der Waals surface area contributed by atoms with Crippen LogP contribution in [0.2, 0.25) is 0 Å². The van der Waals surface area contributed by atoms with E-state index < -0.39 is 0 Å². The van der Waals surface area contributed by atoms with Gasteiger partial charge < -0.3 is 5.11 Å². The zero-order valence-electron chi connectivity index (χ0n) is 11.7. The first-order valence-electron chi connectivity index (χ1n) is 7.09. The highest BCUT2D eigenvalue weighted by atomic mass is 19.1. The average Bonchev–Trinajstić information content (AvgIpc) is 2.93. The highest BCUT2D eigenvalue weighted by molar-refractivity contribution is 5.20. The third-order valence-electron chi connectivity index (χ3n) is 4.14. The lowest BCUT2D eigenvalue weighted by molar-refractivity contribution is 0.213. The van der Waals surface area contributed by atoms with Crippen LogP contribution in [0.25, 0.3) is 0 Å². The number of hydrogen-bond acceptors (Lipinski definition) is 4. The maximum atomic E-state index is 13.7. The molecule has 0 aliphatic carbocycles. The molecule has 21 heavy (non-hydrogen) atoms. The second-order valence-corrected chi connectivity index (χ2v) is 5.49. The molecule has 0 aromatic carbocycles. The van der Waals surface area contributed by atoms with E-state index in [-0.39, 0.29) is 24.3 Å². The molecule has 1 aliphatic heterocycles. The quantitative estimate of drug-likeness (QED) is 0.932. The summed E-state index contributed by atoms with van der Waals surface area (Å²) in [6.45, 7) is 2.27. The van der Waals surface area contributed by atoms with Gasteiger partial charge in [-0.1, -0.05) is 0 Å². The van der Waals surface area contributed by atoms with Gasteiger partial charge in [0.25, 0.3) is 0 Å². The number of aliphatic hydroxyl groups is 1. The van der Waals surface area contributed by atoms with E-state index in [4.69, 9.17) is 0 Å². The summed E-state index contributed by atoms with van der Waals surface area (Å²) >= 11 is 0. The van der Waals surface area contributed by atoms with E-state index in [9.17, 15) is 9.50 Å². The number of aromatic nitrogens is 2. The Balaban J connectivity index is 1.74. The predicted molar refractivity (Wildman–Crippen MR) is 77.0 cm³/mol. The number of likely N-dealkylation sites (tertiary alicyclic amines) is 1. The highest BCUT2D eigenvalue weighted by Crippen LogP contribution is 2.33. The molecule has 3 rings (SSSR count). The fourth-order valence-corrected chi connectivity index (χ4v) is 3.04. The minimum atomic E-state index is -0.273. The third-order valence-corrected chi connectivity index (χ3v) is 4.14. The van der Waals surface area contributed by atoms with Gasteiger partial charge in [-0.2, -0.15) is 0 Å². The molecule has 1 aliphatic rings. The van der Waals surface area contributed by atoms with Crippen LogP contribution in [0.4, 0.5) is 4.39 Å². The summed E-state index contributed by atoms with van der Waals surface area (Å²) in [4.78, 5) is 9.99. The van der Waals surface area contributed by atoms with Crippen LogP contribution in [0.15, 0.2) is 43.0 Å². The van der Waals surface area contributed by atoms with E-state index in [0.29, 0.717) is 12.1 Å². The number of rotatable bonds is 4. The van der Waals surface area contributed by atoms with Gasteiger partial charge in [-0.15, -0.1) is 0 Å². The van der Waals surface area contributed by atoms with Gasteiger partial charge in [0.05, 0.1) is 6.20 Å². The van der Waals surface area contributed by atoms with Gasteiger partial charge in [0.1, 0.15) is 5.82 Å². The van der Waals surface area contributed by atoms with E-state index in [0.717, 1.165) is 13.1 Å². The average molecular weight is 287 g/mol. The monoisotopic (exact) mass is 287 g/mol. The van der Waals surface area contributed by atoms with Crippen LogP contribution in [0.3, 0.4) is 0 Å². The van der Waals surface area contributed by atoms with E-state index >= 15 is 0 Å². The second-order valence-electron chi connectivity index (χ2n) is 5.49. The minimum absolute atomic E-state index is 0.141. The van der Waals surface area contributed by atoms with Crippen LogP contribution < -0.4 is 0 Å². The van der Waals surface area contributed by atoms with Crippen molar-refractivity contribution in [2.24, 2.45) is 5.92 Å². The van der Waals surface area contributed by atoms with E-state index in [1.165, 1.54) is 11.8 Å². The van der Waals surface area contributed by atoms with Crippen LogP contribution in [0.1, 0.15) is 17.0 Å². The standard InChI is InChI=1S/C16H18FN3O/c17-16-7-19-6-3-13(16)8-20-9-14(11-21)15(10-20)12-1-4-18-5-2-12/h1-7,14-15,21H,8-11H2/t14-,15-/m0/s1. The Morgan fingerprint density at radius 1 is 1.14 bits per heavy atom. The number of hydrogen-bond donors (Lipinski definition) is 1. The van der Waals surface area contributed by atoms with Gasteiger partial charge >= 0.3 is 0 Å². The minimum Gasteiger partial charge on any atom is -0.396 e. The van der Waals surface area contributed by atoms with Gasteiger partial charge in [0.15, 0.2) is 0 Å². The molecule has 1 saturated heterocycles. The Bertz CT molecular complexity index is 593. The summed E-state index contributed by atoms with van der Waals surface area (Å²) in [5.41, 5.74) is 1.83. The summed E-state index contributed by atoms with van der Waals surface area (Å²) in [7, 11) is 0. The Labute approximate surface area is 123 Å². The van der Waals surface area contributed by atoms with Crippen LogP contribution in [-0.2, 0) is 6.54 Å². The lowest BCUT2D eigenvalue weighted by atomic mass is 9.90. The molecule has 4 nitrogen and oxygen atoms in total. The smallest absolute Gasteiger partial charge is 0.145 e. The maximum Gasteiger partial charge on any atom is 0.145 e. The molecule has 0 radical (unpaired) electrons. The normalized spacial score (nSPS) is 22.6. The van der Waals surface area contributed by atoms with Crippen molar-refractivity contribution in [2.45, 2.75) is 12.5 Å². The summed E-state index contributed by atoms with van der Waals surface area (Å²) in [6.07, 6.45) is 6.40. The van der Waals surface area contributed by atoms with Crippen LogP contribution in [0.5, 0.6) is 0 Å². The molecule has 0 saturated carbocycles. The lowest BCUT2D eigenvalue weighted by Crippen LogP contribution is -2.21. The fraction of sp³-hybridized carbons (Fsp3) is 0.375. The number of halogens is 1. The largest absolute Gasteiger partial charge is 0.396 e. The van der Waals surface area contributed by atoms with Gasteiger partial charge in [0.2, 0.25) is 0 Å². The van der Waals surface area contributed by atoms with Gasteiger partial charge in [0, 0.05) is 62.2 Å². The molecule has 0 bridgehead atoms. The third kappa shape index (κ3) is 3.09. The van der Waals surface area contributed by atoms with Gasteiger partial charge in [-0.25, -0.2) is 4.39 Å². The topological polar surface area (TPSA) is 49.2 Å². The van der Waals surface area contributed by atoms with E-state index in [1.54, 1.807) is 24.7 Å². The SMILES string of the molecule is OC[C@@H]1CN(Cc2ccncc2F)C[C@H]1c1ccncc1. The van der Waals surface area contributed by atoms with Crippen molar-refractivity contribution in [3.05, 3.63) is 59.9 Å². The van der Waals surface area contributed by atoms with E-state index in [1.807, 2.05) is 12.1 Å². The van der Waals surface area contributed by atoms with Crippen molar-refractivity contribution in [3.8, 4) is 0 Å². The van der Waals surface area contributed by atoms with Gasteiger partial charge in [-0.3, -0.25) is 14.9 Å². The van der Waals surface area contributed by atoms with Crippen molar-refractivity contribution >= 4 is 0 Å². The second kappa shape index (κ2) is 6.28. The molecule has 3 heterocycles. The molecule has 5 heteroatoms. The number of aliphatic hydroxyl groups excluding tert-OH is 1. The first kappa shape index (κ1) is 14.1. The molecule has 1 N–H and O–H groups in total. The summed E-state index contributed by atoms with van der Waals surface area (Å²) in [5, 5.41) is 9.61. The molecule has 1 fully saturated rings. The molecule has 0 spiro atoms. The molecule has 2 aromatic rings. The van der Waals surface area contributed by atoms with Gasteiger partial charge in [-0.05, 0) is 23.8 Å². The first-order chi connectivity index (χ1) is 10.3. The Hall–Kier alpha value is -1.85. The van der Waals surface area contributed by atoms with Crippen LogP contribution in [0, 0.1) is 11.7 Å². The first-order valence-corrected chi connectivity index (χ1v) is 7.09. The van der Waals surface area contributed by atoms with Crippen molar-refractivity contribution in [1.82, 2.24) is 14.9 Å². The van der Waals surface area contributed by atoms with Crippen molar-refractivity contribution in [2.75, 3.05) is 19.7 Å². The lowest BCUT2D eigenvalue weighted by Gasteiger charge is -2.16. The van der Waals surface area contributed by atoms with Crippen molar-refractivity contribution in [1.29, 1.82) is 0 Å². The summed E-state index contributed by atoms with van der Waals surface area (Å²) < 4.78 is 13.7. The number of nitrogens with zero attached hydrogens (tertiary/aromatic N) is 3. The Morgan fingerprint density at radius 3 is 2.62 bits per heavy atom.